The molecule has 2 fully saturated rings. The summed E-state index contributed by atoms with van der Waals surface area (Å²) in [6.07, 6.45) is 3.31. The van der Waals surface area contributed by atoms with E-state index in [1.807, 2.05) is 19.9 Å². The minimum absolute atomic E-state index is 0.00259. The normalized spacial score (nSPS) is 16.9. The first-order valence-corrected chi connectivity index (χ1v) is 24.7. The number of aromatic nitrogens is 2. The summed E-state index contributed by atoms with van der Waals surface area (Å²) in [7, 11) is -3.59. The molecule has 3 aromatic carbocycles. The highest BCUT2D eigenvalue weighted by Gasteiger charge is 2.45. The molecule has 2 saturated heterocycles. The van der Waals surface area contributed by atoms with Crippen LogP contribution in [0, 0.1) is 6.92 Å². The van der Waals surface area contributed by atoms with Gasteiger partial charge in [-0.3, -0.25) is 34.2 Å². The van der Waals surface area contributed by atoms with Crippen LogP contribution in [0.15, 0.2) is 65.7 Å². The molecule has 3 aliphatic rings. The van der Waals surface area contributed by atoms with E-state index < -0.39 is 50.7 Å². The SMILES string of the molecule is Cc1cc(Nc2ncc(Cl)c(Nc3ccccc3S(=O)(=O)C(C)C)n2)c(OC(C)C)cc1C1CCN(CCOCCOCCC(=O)Nc2cccc3c2C(=O)N(C2CCC(=O)NC2=O)C3=O)CC1. The van der Waals surface area contributed by atoms with Crippen LogP contribution in [0.2, 0.25) is 5.02 Å². The molecule has 7 rings (SSSR count). The zero-order valence-electron chi connectivity index (χ0n) is 38.7. The number of carbonyl (C=O) groups is 5. The summed E-state index contributed by atoms with van der Waals surface area (Å²) >= 11 is 6.50. The van der Waals surface area contributed by atoms with Crippen LogP contribution in [-0.4, -0.2) is 121 Å². The zero-order chi connectivity index (χ0) is 48.7. The number of hydrogen-bond donors (Lipinski definition) is 4. The number of sulfone groups is 1. The molecule has 1 unspecified atom stereocenters. The lowest BCUT2D eigenvalue weighted by Gasteiger charge is -2.33. The number of carbonyl (C=O) groups excluding carboxylic acids is 5. The molecule has 4 aromatic rings. The lowest BCUT2D eigenvalue weighted by atomic mass is 9.86. The van der Waals surface area contributed by atoms with Crippen LogP contribution in [0.25, 0.3) is 0 Å². The molecule has 4 heterocycles. The highest BCUT2D eigenvalue weighted by atomic mass is 35.5. The monoisotopic (exact) mass is 972 g/mol. The lowest BCUT2D eigenvalue weighted by Crippen LogP contribution is -2.54. The Bertz CT molecular complexity index is 2670. The van der Waals surface area contributed by atoms with Gasteiger partial charge >= 0.3 is 0 Å². The Balaban J connectivity index is 0.843. The second-order valence-corrected chi connectivity index (χ2v) is 20.3. The van der Waals surface area contributed by atoms with Gasteiger partial charge in [0.15, 0.2) is 15.7 Å². The number of rotatable bonds is 20. The zero-order valence-corrected chi connectivity index (χ0v) is 40.3. The summed E-state index contributed by atoms with van der Waals surface area (Å²) in [5.74, 6) is -1.44. The second kappa shape index (κ2) is 22.0. The number of fused-ring (bicyclic) bond motifs is 1. The first-order chi connectivity index (χ1) is 32.5. The summed E-state index contributed by atoms with van der Waals surface area (Å²) < 4.78 is 44.0. The number of benzene rings is 3. The Hall–Kier alpha value is -5.99. The van der Waals surface area contributed by atoms with E-state index in [9.17, 15) is 32.4 Å². The molecule has 20 heteroatoms. The largest absolute Gasteiger partial charge is 0.489 e. The molecule has 0 saturated carbocycles. The second-order valence-electron chi connectivity index (χ2n) is 17.4. The van der Waals surface area contributed by atoms with E-state index in [4.69, 9.17) is 25.8 Å². The molecule has 0 bridgehead atoms. The fourth-order valence-corrected chi connectivity index (χ4v) is 9.75. The number of hydrogen-bond acceptors (Lipinski definition) is 15. The Labute approximate surface area is 400 Å². The van der Waals surface area contributed by atoms with Crippen molar-refractivity contribution in [2.24, 2.45) is 0 Å². The van der Waals surface area contributed by atoms with Gasteiger partial charge in [-0.15, -0.1) is 0 Å². The standard InChI is InChI=1S/C48H57ClN8O10S/c1-28(2)67-39-26-33(30(5)25-37(39)53-48-50-27-34(49)44(55-48)52-35-10-6-7-12-40(35)68(63,64)29(3)4)31-15-18-56(19-16-31)20-22-66-24-23-65-21-17-42(59)51-36-11-8-9-32-43(36)47(62)57(46(32)61)38-13-14-41(58)54-45(38)60/h6-12,25-29,31,38H,13-24H2,1-5H3,(H,51,59)(H,54,58,60)(H2,50,52,53,55). The summed E-state index contributed by atoms with van der Waals surface area (Å²) in [6.45, 7) is 13.1. The fourth-order valence-electron chi connectivity index (χ4n) is 8.41. The third-order valence-electron chi connectivity index (χ3n) is 12.0. The van der Waals surface area contributed by atoms with Gasteiger partial charge < -0.3 is 35.1 Å². The number of anilines is 5. The van der Waals surface area contributed by atoms with E-state index in [-0.39, 0.29) is 77.1 Å². The molecule has 3 aliphatic heterocycles. The van der Waals surface area contributed by atoms with Gasteiger partial charge in [0, 0.05) is 13.0 Å². The minimum Gasteiger partial charge on any atom is -0.489 e. The highest BCUT2D eigenvalue weighted by Crippen LogP contribution is 2.39. The van der Waals surface area contributed by atoms with Gasteiger partial charge in [-0.1, -0.05) is 29.8 Å². The molecular weight excluding hydrogens is 916 g/mol. The first kappa shape index (κ1) is 49.9. The molecule has 0 spiro atoms. The Morgan fingerprint density at radius 3 is 2.32 bits per heavy atom. The average molecular weight is 974 g/mol. The number of imide groups is 2. The van der Waals surface area contributed by atoms with Gasteiger partial charge in [0.25, 0.3) is 11.8 Å². The van der Waals surface area contributed by atoms with E-state index in [1.165, 1.54) is 23.9 Å². The van der Waals surface area contributed by atoms with Crippen LogP contribution in [0.5, 0.6) is 5.75 Å². The van der Waals surface area contributed by atoms with Crippen molar-refractivity contribution in [2.45, 2.75) is 94.9 Å². The van der Waals surface area contributed by atoms with Crippen molar-refractivity contribution in [1.29, 1.82) is 0 Å². The maximum absolute atomic E-state index is 13.3. The van der Waals surface area contributed by atoms with Crippen molar-refractivity contribution < 1.29 is 46.6 Å². The number of piperidine rings is 2. The van der Waals surface area contributed by atoms with Crippen LogP contribution in [-0.2, 0) is 33.7 Å². The molecule has 362 valence electrons. The van der Waals surface area contributed by atoms with E-state index in [0.717, 1.165) is 42.9 Å². The van der Waals surface area contributed by atoms with Crippen molar-refractivity contribution in [3.63, 3.8) is 0 Å². The Morgan fingerprint density at radius 1 is 0.882 bits per heavy atom. The van der Waals surface area contributed by atoms with E-state index in [2.05, 4.69) is 49.1 Å². The topological polar surface area (TPSA) is 228 Å². The maximum atomic E-state index is 13.3. The fraction of sp³-hybridized carbons (Fsp3) is 0.438. The Kier molecular flexibility index (Phi) is 16.1. The number of nitrogens with one attached hydrogen (secondary N) is 4. The maximum Gasteiger partial charge on any atom is 0.264 e. The minimum atomic E-state index is -3.59. The molecule has 0 radical (unpaired) electrons. The smallest absolute Gasteiger partial charge is 0.264 e. The third-order valence-corrected chi connectivity index (χ3v) is 14.4. The quantitative estimate of drug-likeness (QED) is 0.0545. The van der Waals surface area contributed by atoms with Crippen molar-refractivity contribution in [3.8, 4) is 5.75 Å². The summed E-state index contributed by atoms with van der Waals surface area (Å²) in [6, 6.07) is 14.2. The lowest BCUT2D eigenvalue weighted by molar-refractivity contribution is -0.136. The summed E-state index contributed by atoms with van der Waals surface area (Å²) in [4.78, 5) is 75.6. The number of para-hydroxylation sites is 1. The molecule has 1 atom stereocenters. The van der Waals surface area contributed by atoms with Crippen LogP contribution >= 0.6 is 11.6 Å². The molecule has 5 amide bonds. The van der Waals surface area contributed by atoms with E-state index in [1.54, 1.807) is 44.2 Å². The molecular formula is C48H57ClN8O10S. The van der Waals surface area contributed by atoms with Crippen LogP contribution in [0.1, 0.15) is 97.6 Å². The molecule has 1 aromatic heterocycles. The summed E-state index contributed by atoms with van der Waals surface area (Å²) in [5, 5.41) is 10.9. The summed E-state index contributed by atoms with van der Waals surface area (Å²) in [5.41, 5.74) is 3.61. The number of amides is 5. The number of aryl methyl sites for hydroxylation is 1. The molecule has 18 nitrogen and oxygen atoms in total. The molecule has 68 heavy (non-hydrogen) atoms. The molecule has 0 aliphatic carbocycles. The van der Waals surface area contributed by atoms with E-state index >= 15 is 0 Å². The van der Waals surface area contributed by atoms with Crippen molar-refractivity contribution in [2.75, 3.05) is 62.0 Å². The average Bonchev–Trinajstić information content (AvgIpc) is 3.55. The number of likely N-dealkylation sites (tertiary alicyclic amines) is 1. The predicted octanol–water partition coefficient (Wildman–Crippen LogP) is 6.54. The predicted molar refractivity (Wildman–Crippen MR) is 256 cm³/mol. The van der Waals surface area contributed by atoms with Gasteiger partial charge in [-0.05, 0) is 120 Å². The number of ether oxygens (including phenoxy) is 3. The first-order valence-electron chi connectivity index (χ1n) is 22.7. The van der Waals surface area contributed by atoms with Crippen molar-refractivity contribution in [1.82, 2.24) is 25.1 Å². The third kappa shape index (κ3) is 11.6. The number of nitrogens with zero attached hydrogens (tertiary/aromatic N) is 4. The van der Waals surface area contributed by atoms with Gasteiger partial charge in [-0.25, -0.2) is 13.4 Å². The Morgan fingerprint density at radius 2 is 1.60 bits per heavy atom. The van der Waals surface area contributed by atoms with Crippen LogP contribution in [0.4, 0.5) is 28.8 Å². The van der Waals surface area contributed by atoms with Gasteiger partial charge in [0.1, 0.15) is 16.8 Å². The van der Waals surface area contributed by atoms with Crippen molar-refractivity contribution >= 4 is 79.8 Å². The highest BCUT2D eigenvalue weighted by molar-refractivity contribution is 7.92. The van der Waals surface area contributed by atoms with Gasteiger partial charge in [0.2, 0.25) is 23.7 Å². The van der Waals surface area contributed by atoms with Crippen molar-refractivity contribution in [3.05, 3.63) is 88.1 Å². The van der Waals surface area contributed by atoms with Crippen LogP contribution in [0.3, 0.4) is 0 Å². The molecule has 4 N–H and O–H groups in total. The number of halogens is 1. The van der Waals surface area contributed by atoms with Crippen LogP contribution < -0.4 is 26.0 Å². The van der Waals surface area contributed by atoms with Gasteiger partial charge in [0.05, 0.1) is 83.5 Å². The van der Waals surface area contributed by atoms with Gasteiger partial charge in [-0.2, -0.15) is 4.98 Å². The van der Waals surface area contributed by atoms with E-state index in [0.29, 0.717) is 36.3 Å².